The Hall–Kier alpha value is -3.65. The lowest BCUT2D eigenvalue weighted by atomic mass is 9.95. The summed E-state index contributed by atoms with van der Waals surface area (Å²) in [6.45, 7) is 5.16. The molecule has 3 heterocycles. The third-order valence-electron chi connectivity index (χ3n) is 5.41. The maximum Gasteiger partial charge on any atom is 0.301 e. The van der Waals surface area contributed by atoms with Gasteiger partial charge >= 0.3 is 5.91 Å². The van der Waals surface area contributed by atoms with E-state index in [0.717, 1.165) is 23.3 Å². The molecule has 3 aromatic rings. The van der Waals surface area contributed by atoms with Crippen LogP contribution in [0.3, 0.4) is 0 Å². The number of rotatable bonds is 5. The molecular formula is C24H21N3O4S. The third kappa shape index (κ3) is 3.62. The number of ketones is 2. The number of hydrogen-bond acceptors (Lipinski definition) is 7. The van der Waals surface area contributed by atoms with Gasteiger partial charge < -0.3 is 5.11 Å². The quantitative estimate of drug-likeness (QED) is 0.272. The van der Waals surface area contributed by atoms with Gasteiger partial charge in [0.15, 0.2) is 10.9 Å². The molecule has 1 aromatic carbocycles. The summed E-state index contributed by atoms with van der Waals surface area (Å²) in [6, 6.07) is 9.80. The Kier molecular flexibility index (Phi) is 5.71. The van der Waals surface area contributed by atoms with Gasteiger partial charge in [-0.25, -0.2) is 4.98 Å². The minimum Gasteiger partial charge on any atom is -0.507 e. The van der Waals surface area contributed by atoms with E-state index >= 15 is 0 Å². The van der Waals surface area contributed by atoms with Crippen molar-refractivity contribution in [3.63, 3.8) is 0 Å². The Labute approximate surface area is 189 Å². The van der Waals surface area contributed by atoms with E-state index in [-0.39, 0.29) is 22.2 Å². The van der Waals surface area contributed by atoms with Crippen LogP contribution in [0.25, 0.3) is 5.76 Å². The summed E-state index contributed by atoms with van der Waals surface area (Å²) in [5.74, 6) is -2.04. The molecule has 1 aliphatic heterocycles. The molecule has 0 bridgehead atoms. The Bertz CT molecular complexity index is 1250. The molecule has 162 valence electrons. The fourth-order valence-corrected chi connectivity index (χ4v) is 4.75. The largest absolute Gasteiger partial charge is 0.507 e. The highest BCUT2D eigenvalue weighted by Gasteiger charge is 2.48. The second kappa shape index (κ2) is 8.47. The highest BCUT2D eigenvalue weighted by Crippen LogP contribution is 2.43. The number of amides is 1. The lowest BCUT2D eigenvalue weighted by molar-refractivity contribution is -0.132. The number of aliphatic hydroxyl groups excluding tert-OH is 1. The highest BCUT2D eigenvalue weighted by atomic mass is 32.1. The maximum atomic E-state index is 13.1. The number of carbonyl (C=O) groups is 3. The zero-order valence-electron chi connectivity index (χ0n) is 17.8. The van der Waals surface area contributed by atoms with Gasteiger partial charge in [-0.15, -0.1) is 0 Å². The molecule has 1 fully saturated rings. The normalized spacial score (nSPS) is 17.7. The molecule has 0 saturated carbocycles. The van der Waals surface area contributed by atoms with Gasteiger partial charge in [-0.2, -0.15) is 0 Å². The van der Waals surface area contributed by atoms with Crippen molar-refractivity contribution in [3.05, 3.63) is 81.6 Å². The first-order chi connectivity index (χ1) is 15.3. The van der Waals surface area contributed by atoms with Crippen LogP contribution in [0.4, 0.5) is 5.13 Å². The minimum atomic E-state index is -0.876. The number of aromatic nitrogens is 2. The van der Waals surface area contributed by atoms with Gasteiger partial charge in [0.25, 0.3) is 5.78 Å². The van der Waals surface area contributed by atoms with Gasteiger partial charge in [0.1, 0.15) is 5.76 Å². The summed E-state index contributed by atoms with van der Waals surface area (Å²) in [5.41, 5.74) is 2.61. The van der Waals surface area contributed by atoms with Crippen LogP contribution in [-0.2, 0) is 16.0 Å². The van der Waals surface area contributed by atoms with E-state index in [1.54, 1.807) is 19.1 Å². The van der Waals surface area contributed by atoms with Gasteiger partial charge in [0.2, 0.25) is 0 Å². The molecule has 2 aromatic heterocycles. The van der Waals surface area contributed by atoms with Crippen LogP contribution < -0.4 is 4.90 Å². The lowest BCUT2D eigenvalue weighted by Gasteiger charge is -2.23. The minimum absolute atomic E-state index is 0.0253. The van der Waals surface area contributed by atoms with Crippen LogP contribution in [0.2, 0.25) is 0 Å². The summed E-state index contributed by atoms with van der Waals surface area (Å²) < 4.78 is 0. The predicted octanol–water partition coefficient (Wildman–Crippen LogP) is 4.24. The van der Waals surface area contributed by atoms with Crippen molar-refractivity contribution in [2.45, 2.75) is 33.2 Å². The number of carbonyl (C=O) groups excluding carboxylic acids is 3. The second-order valence-electron chi connectivity index (χ2n) is 7.47. The number of aliphatic hydroxyl groups is 1. The third-order valence-corrected chi connectivity index (χ3v) is 6.67. The van der Waals surface area contributed by atoms with Gasteiger partial charge in [0.05, 0.1) is 22.2 Å². The standard InChI is InChI=1S/C24H21N3O4S/c1-4-15-5-7-16(8-6-15)19-18(20(29)17-9-11-25-12-10-17)21(30)23(31)27(19)24-26-13(2)22(32-24)14(3)28/h5-12,19,29H,4H2,1-3H3/b20-18+. The van der Waals surface area contributed by atoms with E-state index in [4.69, 9.17) is 0 Å². The fraction of sp³-hybridized carbons (Fsp3) is 0.208. The van der Waals surface area contributed by atoms with Crippen molar-refractivity contribution in [2.75, 3.05) is 4.90 Å². The van der Waals surface area contributed by atoms with E-state index in [1.165, 1.54) is 24.2 Å². The van der Waals surface area contributed by atoms with Crippen LogP contribution in [0.5, 0.6) is 0 Å². The summed E-state index contributed by atoms with van der Waals surface area (Å²) in [7, 11) is 0. The molecule has 4 rings (SSSR count). The fourth-order valence-electron chi connectivity index (χ4n) is 3.76. The monoisotopic (exact) mass is 447 g/mol. The van der Waals surface area contributed by atoms with Crippen LogP contribution >= 0.6 is 11.3 Å². The Morgan fingerprint density at radius 1 is 1.12 bits per heavy atom. The van der Waals surface area contributed by atoms with Crippen LogP contribution in [0.15, 0.2) is 54.4 Å². The number of hydrogen-bond donors (Lipinski definition) is 1. The molecular weight excluding hydrogens is 426 g/mol. The summed E-state index contributed by atoms with van der Waals surface area (Å²) in [4.78, 5) is 48.3. The molecule has 8 heteroatoms. The van der Waals surface area contributed by atoms with Gasteiger partial charge in [0, 0.05) is 24.9 Å². The number of nitrogens with zero attached hydrogens (tertiary/aromatic N) is 3. The molecule has 1 unspecified atom stereocenters. The molecule has 32 heavy (non-hydrogen) atoms. The molecule has 7 nitrogen and oxygen atoms in total. The van der Waals surface area contributed by atoms with Gasteiger partial charge in [-0.3, -0.25) is 24.3 Å². The van der Waals surface area contributed by atoms with E-state index in [0.29, 0.717) is 21.7 Å². The predicted molar refractivity (Wildman–Crippen MR) is 122 cm³/mol. The number of pyridine rings is 1. The van der Waals surface area contributed by atoms with Crippen LogP contribution in [0.1, 0.15) is 51.9 Å². The summed E-state index contributed by atoms with van der Waals surface area (Å²) in [6.07, 6.45) is 3.84. The first kappa shape index (κ1) is 21.6. The van der Waals surface area contributed by atoms with Crippen molar-refractivity contribution >= 4 is 39.7 Å². The first-order valence-electron chi connectivity index (χ1n) is 10.1. The molecule has 0 radical (unpaired) electrons. The van der Waals surface area contributed by atoms with Crippen molar-refractivity contribution in [2.24, 2.45) is 0 Å². The van der Waals surface area contributed by atoms with E-state index in [2.05, 4.69) is 9.97 Å². The molecule has 1 atom stereocenters. The maximum absolute atomic E-state index is 13.1. The molecule has 1 saturated heterocycles. The average Bonchev–Trinajstić information content (AvgIpc) is 3.31. The zero-order chi connectivity index (χ0) is 23.0. The first-order valence-corrected chi connectivity index (χ1v) is 10.9. The lowest BCUT2D eigenvalue weighted by Crippen LogP contribution is -2.29. The number of thiazole rings is 1. The Morgan fingerprint density at radius 3 is 2.34 bits per heavy atom. The average molecular weight is 448 g/mol. The number of benzene rings is 1. The molecule has 1 N–H and O–H groups in total. The molecule has 1 amide bonds. The van der Waals surface area contributed by atoms with Crippen LogP contribution in [0, 0.1) is 6.92 Å². The topological polar surface area (TPSA) is 100 Å². The number of Topliss-reactive ketones (excluding diaryl/α,β-unsaturated/α-hetero) is 2. The Morgan fingerprint density at radius 2 is 1.78 bits per heavy atom. The molecule has 0 spiro atoms. The SMILES string of the molecule is CCc1ccc(C2/C(=C(\O)c3ccncc3)C(=O)C(=O)N2c2nc(C)c(C(C)=O)s2)cc1. The van der Waals surface area contributed by atoms with E-state index in [9.17, 15) is 19.5 Å². The van der Waals surface area contributed by atoms with E-state index in [1.807, 2.05) is 31.2 Å². The van der Waals surface area contributed by atoms with Crippen molar-refractivity contribution in [1.82, 2.24) is 9.97 Å². The second-order valence-corrected chi connectivity index (χ2v) is 8.44. The smallest absolute Gasteiger partial charge is 0.301 e. The van der Waals surface area contributed by atoms with Crippen molar-refractivity contribution < 1.29 is 19.5 Å². The van der Waals surface area contributed by atoms with Crippen LogP contribution in [-0.4, -0.2) is 32.5 Å². The number of anilines is 1. The zero-order valence-corrected chi connectivity index (χ0v) is 18.6. The summed E-state index contributed by atoms with van der Waals surface area (Å²) >= 11 is 1.06. The molecule has 0 aliphatic carbocycles. The van der Waals surface area contributed by atoms with Crippen molar-refractivity contribution in [1.29, 1.82) is 0 Å². The van der Waals surface area contributed by atoms with Crippen molar-refractivity contribution in [3.8, 4) is 0 Å². The number of aryl methyl sites for hydroxylation is 2. The molecule has 1 aliphatic rings. The van der Waals surface area contributed by atoms with Gasteiger partial charge in [-0.1, -0.05) is 42.5 Å². The van der Waals surface area contributed by atoms with Gasteiger partial charge in [-0.05, 0) is 36.6 Å². The Balaban J connectivity index is 1.94. The highest BCUT2D eigenvalue weighted by molar-refractivity contribution is 7.18. The summed E-state index contributed by atoms with van der Waals surface area (Å²) in [5, 5.41) is 11.3. The van der Waals surface area contributed by atoms with E-state index < -0.39 is 17.7 Å².